The van der Waals surface area contributed by atoms with E-state index in [1.54, 1.807) is 19.2 Å². The molecule has 3 nitrogen and oxygen atoms in total. The summed E-state index contributed by atoms with van der Waals surface area (Å²) >= 11 is 5.72. The highest BCUT2D eigenvalue weighted by atomic mass is 127. The van der Waals surface area contributed by atoms with Crippen LogP contribution in [0.5, 0.6) is 5.75 Å². The van der Waals surface area contributed by atoms with Gasteiger partial charge < -0.3 is 10.1 Å². The molecule has 18 heavy (non-hydrogen) atoms. The highest BCUT2D eigenvalue weighted by Gasteiger charge is 2.11. The Balaban J connectivity index is 2.51. The van der Waals surface area contributed by atoms with Crippen LogP contribution in [0.15, 0.2) is 22.7 Å². The summed E-state index contributed by atoms with van der Waals surface area (Å²) in [5, 5.41) is 2.92. The molecule has 5 heteroatoms. The first-order chi connectivity index (χ1) is 8.69. The fraction of sp³-hybridized carbons (Fsp3) is 0.462. The number of rotatable bonds is 7. The summed E-state index contributed by atoms with van der Waals surface area (Å²) in [5.74, 6) is 0.517. The van der Waals surface area contributed by atoms with Gasteiger partial charge in [0.2, 0.25) is 0 Å². The minimum Gasteiger partial charge on any atom is -0.496 e. The Morgan fingerprint density at radius 1 is 1.39 bits per heavy atom. The van der Waals surface area contributed by atoms with Crippen molar-refractivity contribution in [2.75, 3.05) is 18.1 Å². The van der Waals surface area contributed by atoms with Gasteiger partial charge in [0, 0.05) is 11.0 Å². The van der Waals surface area contributed by atoms with Crippen LogP contribution in [0.1, 0.15) is 29.6 Å². The Bertz CT molecular complexity index is 399. The first kappa shape index (κ1) is 15.8. The molecule has 0 bridgehead atoms. The van der Waals surface area contributed by atoms with Crippen molar-refractivity contribution in [3.8, 4) is 5.75 Å². The van der Waals surface area contributed by atoms with E-state index >= 15 is 0 Å². The number of hydrogen-bond acceptors (Lipinski definition) is 2. The first-order valence-corrected chi connectivity index (χ1v) is 8.18. The van der Waals surface area contributed by atoms with Crippen molar-refractivity contribution in [2.45, 2.75) is 19.3 Å². The minimum atomic E-state index is -0.0752. The zero-order valence-electron chi connectivity index (χ0n) is 10.3. The molecule has 100 valence electrons. The van der Waals surface area contributed by atoms with Crippen LogP contribution in [0, 0.1) is 0 Å². The van der Waals surface area contributed by atoms with Crippen LogP contribution in [0.3, 0.4) is 0 Å². The number of benzene rings is 1. The van der Waals surface area contributed by atoms with E-state index in [1.807, 2.05) is 6.07 Å². The summed E-state index contributed by atoms with van der Waals surface area (Å²) < 4.78 is 7.27. The lowest BCUT2D eigenvalue weighted by Gasteiger charge is -2.09. The molecule has 0 saturated carbocycles. The van der Waals surface area contributed by atoms with E-state index in [1.165, 1.54) is 10.8 Å². The van der Waals surface area contributed by atoms with Gasteiger partial charge in [-0.05, 0) is 35.5 Å². The summed E-state index contributed by atoms with van der Waals surface area (Å²) in [6, 6.07) is 5.40. The second kappa shape index (κ2) is 8.74. The Morgan fingerprint density at radius 3 is 2.83 bits per heavy atom. The quantitative estimate of drug-likeness (QED) is 0.410. The Kier molecular flexibility index (Phi) is 7.65. The first-order valence-electron chi connectivity index (χ1n) is 5.86. The molecular weight excluding hydrogens is 409 g/mol. The van der Waals surface area contributed by atoms with Crippen LogP contribution in [-0.4, -0.2) is 24.0 Å². The van der Waals surface area contributed by atoms with Crippen molar-refractivity contribution in [2.24, 2.45) is 0 Å². The highest BCUT2D eigenvalue weighted by Crippen LogP contribution is 2.23. The van der Waals surface area contributed by atoms with E-state index in [0.717, 1.165) is 17.3 Å². The molecule has 0 saturated heterocycles. The molecule has 0 heterocycles. The van der Waals surface area contributed by atoms with E-state index in [-0.39, 0.29) is 5.91 Å². The van der Waals surface area contributed by atoms with Crippen molar-refractivity contribution in [3.63, 3.8) is 0 Å². The number of nitrogens with one attached hydrogen (secondary N) is 1. The number of carbonyl (C=O) groups is 1. The Morgan fingerprint density at radius 2 is 2.17 bits per heavy atom. The molecular formula is C13H17BrINO2. The number of ether oxygens (including phenoxy) is 1. The number of amides is 1. The van der Waals surface area contributed by atoms with Gasteiger partial charge in [0.15, 0.2) is 0 Å². The normalized spacial score (nSPS) is 10.2. The topological polar surface area (TPSA) is 38.3 Å². The molecule has 0 atom stereocenters. The van der Waals surface area contributed by atoms with Gasteiger partial charge in [-0.15, -0.1) is 0 Å². The lowest BCUT2D eigenvalue weighted by molar-refractivity contribution is 0.0950. The molecule has 1 aromatic carbocycles. The van der Waals surface area contributed by atoms with Gasteiger partial charge >= 0.3 is 0 Å². The van der Waals surface area contributed by atoms with Gasteiger partial charge in [0.25, 0.3) is 5.91 Å². The fourth-order valence-corrected chi connectivity index (χ4v) is 2.43. The molecule has 0 aliphatic carbocycles. The largest absolute Gasteiger partial charge is 0.496 e. The summed E-state index contributed by atoms with van der Waals surface area (Å²) in [7, 11) is 1.57. The monoisotopic (exact) mass is 425 g/mol. The molecule has 0 unspecified atom stereocenters. The molecule has 1 rings (SSSR count). The standard InChI is InChI=1S/C13H17BrINO2/c1-18-12-9-10(14)5-6-11(12)13(17)16-8-4-2-3-7-15/h5-6,9H,2-4,7-8H2,1H3,(H,16,17). The molecule has 0 aliphatic heterocycles. The van der Waals surface area contributed by atoms with Crippen LogP contribution in [0.25, 0.3) is 0 Å². The molecule has 1 aromatic rings. The van der Waals surface area contributed by atoms with Crippen LogP contribution < -0.4 is 10.1 Å². The van der Waals surface area contributed by atoms with Gasteiger partial charge in [-0.25, -0.2) is 0 Å². The molecule has 0 radical (unpaired) electrons. The smallest absolute Gasteiger partial charge is 0.255 e. The molecule has 1 amide bonds. The number of alkyl halides is 1. The van der Waals surface area contributed by atoms with Crippen molar-refractivity contribution in [1.29, 1.82) is 0 Å². The van der Waals surface area contributed by atoms with Gasteiger partial charge in [-0.3, -0.25) is 4.79 Å². The van der Waals surface area contributed by atoms with Gasteiger partial charge in [0.1, 0.15) is 5.75 Å². The van der Waals surface area contributed by atoms with Crippen molar-refractivity contribution >= 4 is 44.4 Å². The van der Waals surface area contributed by atoms with Crippen molar-refractivity contribution < 1.29 is 9.53 Å². The number of hydrogen-bond donors (Lipinski definition) is 1. The maximum absolute atomic E-state index is 12.0. The van der Waals surface area contributed by atoms with E-state index in [4.69, 9.17) is 4.74 Å². The van der Waals surface area contributed by atoms with E-state index in [9.17, 15) is 4.79 Å². The van der Waals surface area contributed by atoms with Crippen LogP contribution in [0.4, 0.5) is 0 Å². The molecule has 0 aromatic heterocycles. The zero-order chi connectivity index (χ0) is 13.4. The Hall–Kier alpha value is -0.300. The second-order valence-electron chi connectivity index (χ2n) is 3.85. The van der Waals surface area contributed by atoms with Crippen molar-refractivity contribution in [1.82, 2.24) is 5.32 Å². The average molecular weight is 426 g/mol. The number of carbonyl (C=O) groups excluding carboxylic acids is 1. The maximum atomic E-state index is 12.0. The summed E-state index contributed by atoms with van der Waals surface area (Å²) in [6.07, 6.45) is 3.38. The van der Waals surface area contributed by atoms with Gasteiger partial charge in [-0.2, -0.15) is 0 Å². The van der Waals surface area contributed by atoms with Crippen LogP contribution in [-0.2, 0) is 0 Å². The van der Waals surface area contributed by atoms with E-state index < -0.39 is 0 Å². The highest BCUT2D eigenvalue weighted by molar-refractivity contribution is 14.1. The predicted octanol–water partition coefficient (Wildman–Crippen LogP) is 3.79. The SMILES string of the molecule is COc1cc(Br)ccc1C(=O)NCCCCCI. The number of methoxy groups -OCH3 is 1. The molecule has 0 spiro atoms. The van der Waals surface area contributed by atoms with E-state index in [0.29, 0.717) is 17.9 Å². The molecule has 0 aliphatic rings. The fourth-order valence-electron chi connectivity index (χ4n) is 1.55. The minimum absolute atomic E-state index is 0.0752. The second-order valence-corrected chi connectivity index (χ2v) is 5.84. The van der Waals surface area contributed by atoms with Crippen LogP contribution >= 0.6 is 38.5 Å². The van der Waals surface area contributed by atoms with Crippen LogP contribution in [0.2, 0.25) is 0 Å². The third-order valence-corrected chi connectivity index (χ3v) is 3.76. The third-order valence-electron chi connectivity index (χ3n) is 2.50. The lowest BCUT2D eigenvalue weighted by Crippen LogP contribution is -2.24. The maximum Gasteiger partial charge on any atom is 0.255 e. The lowest BCUT2D eigenvalue weighted by atomic mass is 10.2. The zero-order valence-corrected chi connectivity index (χ0v) is 14.1. The third kappa shape index (κ3) is 5.14. The van der Waals surface area contributed by atoms with Crippen molar-refractivity contribution in [3.05, 3.63) is 28.2 Å². The summed E-state index contributed by atoms with van der Waals surface area (Å²) in [4.78, 5) is 12.0. The molecule has 1 N–H and O–H groups in total. The predicted molar refractivity (Wildman–Crippen MR) is 85.8 cm³/mol. The van der Waals surface area contributed by atoms with Gasteiger partial charge in [-0.1, -0.05) is 44.9 Å². The molecule has 0 fully saturated rings. The summed E-state index contributed by atoms with van der Waals surface area (Å²) in [6.45, 7) is 0.717. The number of halogens is 2. The van der Waals surface area contributed by atoms with E-state index in [2.05, 4.69) is 43.8 Å². The van der Waals surface area contributed by atoms with Gasteiger partial charge in [0.05, 0.1) is 12.7 Å². The average Bonchev–Trinajstić information content (AvgIpc) is 2.38. The summed E-state index contributed by atoms with van der Waals surface area (Å²) in [5.41, 5.74) is 0.578. The number of unbranched alkanes of at least 4 members (excludes halogenated alkanes) is 2. The Labute approximate surface area is 130 Å².